The minimum atomic E-state index is -0.987. The third-order valence-corrected chi connectivity index (χ3v) is 3.64. The van der Waals surface area contributed by atoms with E-state index in [-0.39, 0.29) is 18.7 Å². The molecule has 1 rings (SSSR count). The second-order valence-electron chi connectivity index (χ2n) is 6.36. The highest BCUT2D eigenvalue weighted by Crippen LogP contribution is 2.26. The Balaban J connectivity index is 2.42. The maximum absolute atomic E-state index is 12.3. The molecule has 0 aromatic rings. The summed E-state index contributed by atoms with van der Waals surface area (Å²) in [5, 5.41) is 8.60. The monoisotopic (exact) mass is 286 g/mol. The van der Waals surface area contributed by atoms with Crippen molar-refractivity contribution in [2.24, 2.45) is 5.92 Å². The molecule has 6 nitrogen and oxygen atoms in total. The summed E-state index contributed by atoms with van der Waals surface area (Å²) in [4.78, 5) is 26.2. The third kappa shape index (κ3) is 4.37. The van der Waals surface area contributed by atoms with E-state index in [1.54, 1.807) is 9.80 Å². The molecule has 0 aromatic heterocycles. The van der Waals surface area contributed by atoms with Crippen LogP contribution in [0.1, 0.15) is 34.1 Å². The van der Waals surface area contributed by atoms with Crippen LogP contribution in [-0.2, 0) is 9.53 Å². The van der Waals surface area contributed by atoms with E-state index in [4.69, 9.17) is 9.84 Å². The number of carbonyl (C=O) groups excluding carboxylic acids is 1. The van der Waals surface area contributed by atoms with E-state index >= 15 is 0 Å². The topological polar surface area (TPSA) is 70.1 Å². The molecule has 1 saturated heterocycles. The molecule has 0 saturated carbocycles. The Labute approximate surface area is 120 Å². The first kappa shape index (κ1) is 16.8. The first-order valence-electron chi connectivity index (χ1n) is 7.02. The molecular weight excluding hydrogens is 260 g/mol. The summed E-state index contributed by atoms with van der Waals surface area (Å²) in [5.74, 6) is -0.445. The van der Waals surface area contributed by atoms with Gasteiger partial charge < -0.3 is 19.6 Å². The second-order valence-corrected chi connectivity index (χ2v) is 6.36. The predicted octanol–water partition coefficient (Wildman–Crippen LogP) is 1.65. The van der Waals surface area contributed by atoms with Gasteiger partial charge in [0.15, 0.2) is 0 Å². The molecule has 1 N–H and O–H groups in total. The zero-order valence-electron chi connectivity index (χ0n) is 13.0. The number of amides is 2. The molecule has 0 aliphatic carbocycles. The van der Waals surface area contributed by atoms with E-state index in [2.05, 4.69) is 13.8 Å². The lowest BCUT2D eigenvalue weighted by atomic mass is 9.96. The van der Waals surface area contributed by atoms with Gasteiger partial charge in [0.25, 0.3) is 0 Å². The van der Waals surface area contributed by atoms with E-state index in [1.807, 2.05) is 20.9 Å². The summed E-state index contributed by atoms with van der Waals surface area (Å²) in [6, 6.07) is 0.170. The number of aliphatic carboxylic acids is 1. The van der Waals surface area contributed by atoms with Gasteiger partial charge in [0.1, 0.15) is 12.2 Å². The van der Waals surface area contributed by atoms with Crippen molar-refractivity contribution in [2.45, 2.75) is 45.8 Å². The first-order valence-corrected chi connectivity index (χ1v) is 7.02. The van der Waals surface area contributed by atoms with Gasteiger partial charge in [-0.2, -0.15) is 0 Å². The second kappa shape index (κ2) is 6.43. The molecule has 1 aliphatic rings. The minimum Gasteiger partial charge on any atom is -0.480 e. The van der Waals surface area contributed by atoms with E-state index in [9.17, 15) is 9.59 Å². The molecule has 1 unspecified atom stereocenters. The molecule has 0 bridgehead atoms. The van der Waals surface area contributed by atoms with Gasteiger partial charge in [0.05, 0.1) is 13.1 Å². The van der Waals surface area contributed by atoms with E-state index in [1.165, 1.54) is 0 Å². The lowest BCUT2D eigenvalue weighted by molar-refractivity contribution is -0.160. The normalized spacial score (nSPS) is 18.6. The molecule has 1 fully saturated rings. The SMILES string of the molecule is CC(C)CC(C)N(C)C(=O)N1CC(C)(OCC(=O)O)C1. The molecule has 1 heterocycles. The van der Waals surface area contributed by atoms with Crippen LogP contribution in [0.3, 0.4) is 0 Å². The summed E-state index contributed by atoms with van der Waals surface area (Å²) in [5.41, 5.74) is -0.532. The molecule has 0 aromatic carbocycles. The van der Waals surface area contributed by atoms with Crippen LogP contribution < -0.4 is 0 Å². The van der Waals surface area contributed by atoms with Crippen LogP contribution in [-0.4, -0.2) is 65.3 Å². The summed E-state index contributed by atoms with van der Waals surface area (Å²) < 4.78 is 5.30. The van der Waals surface area contributed by atoms with Gasteiger partial charge in [-0.1, -0.05) is 13.8 Å². The van der Waals surface area contributed by atoms with Crippen molar-refractivity contribution >= 4 is 12.0 Å². The van der Waals surface area contributed by atoms with Crippen LogP contribution in [0.4, 0.5) is 4.79 Å². The van der Waals surface area contributed by atoms with E-state index < -0.39 is 11.6 Å². The standard InChI is InChI=1S/C14H26N2O4/c1-10(2)6-11(3)15(5)13(19)16-8-14(4,9-16)20-7-12(17)18/h10-11H,6-9H2,1-5H3,(H,17,18). The average Bonchev–Trinajstić information content (AvgIpc) is 2.30. The maximum Gasteiger partial charge on any atom is 0.329 e. The van der Waals surface area contributed by atoms with Crippen LogP contribution in [0.25, 0.3) is 0 Å². The number of urea groups is 1. The highest BCUT2D eigenvalue weighted by Gasteiger charge is 2.44. The predicted molar refractivity (Wildman–Crippen MR) is 75.6 cm³/mol. The van der Waals surface area contributed by atoms with Gasteiger partial charge in [0.2, 0.25) is 0 Å². The minimum absolute atomic E-state index is 0.0189. The molecule has 1 atom stereocenters. The highest BCUT2D eigenvalue weighted by atomic mass is 16.5. The van der Waals surface area contributed by atoms with E-state index in [0.717, 1.165) is 6.42 Å². The maximum atomic E-state index is 12.3. The molecule has 0 radical (unpaired) electrons. The number of hydrogen-bond acceptors (Lipinski definition) is 3. The number of likely N-dealkylation sites (tertiary alicyclic amines) is 1. The lowest BCUT2D eigenvalue weighted by Crippen LogP contribution is -2.65. The fraction of sp³-hybridized carbons (Fsp3) is 0.857. The van der Waals surface area contributed by atoms with Crippen molar-refractivity contribution in [1.82, 2.24) is 9.80 Å². The number of carboxylic acid groups (broad SMARTS) is 1. The third-order valence-electron chi connectivity index (χ3n) is 3.64. The Hall–Kier alpha value is -1.30. The Kier molecular flexibility index (Phi) is 5.39. The summed E-state index contributed by atoms with van der Waals surface area (Å²) in [6.45, 7) is 8.70. The number of nitrogens with zero attached hydrogens (tertiary/aromatic N) is 2. The van der Waals surface area contributed by atoms with Crippen molar-refractivity contribution in [3.63, 3.8) is 0 Å². The molecule has 116 valence electrons. The average molecular weight is 286 g/mol. The van der Waals surface area contributed by atoms with Gasteiger partial charge in [-0.05, 0) is 26.2 Å². The summed E-state index contributed by atoms with van der Waals surface area (Å²) in [7, 11) is 1.81. The van der Waals surface area contributed by atoms with Crippen LogP contribution in [0.2, 0.25) is 0 Å². The lowest BCUT2D eigenvalue weighted by Gasteiger charge is -2.48. The molecule has 2 amide bonds. The van der Waals surface area contributed by atoms with Gasteiger partial charge in [-0.25, -0.2) is 9.59 Å². The fourth-order valence-electron chi connectivity index (χ4n) is 2.48. The van der Waals surface area contributed by atoms with Gasteiger partial charge in [0, 0.05) is 13.1 Å². The van der Waals surface area contributed by atoms with Gasteiger partial charge in [-0.3, -0.25) is 0 Å². The van der Waals surface area contributed by atoms with Gasteiger partial charge >= 0.3 is 12.0 Å². The summed E-state index contributed by atoms with van der Waals surface area (Å²) >= 11 is 0. The highest BCUT2D eigenvalue weighted by molar-refractivity contribution is 5.76. The molecule has 20 heavy (non-hydrogen) atoms. The number of rotatable bonds is 6. The number of carbonyl (C=O) groups is 2. The Morgan fingerprint density at radius 2 is 1.90 bits per heavy atom. The van der Waals surface area contributed by atoms with Gasteiger partial charge in [-0.15, -0.1) is 0 Å². The van der Waals surface area contributed by atoms with Crippen LogP contribution >= 0.6 is 0 Å². The molecular formula is C14H26N2O4. The van der Waals surface area contributed by atoms with Crippen molar-refractivity contribution in [1.29, 1.82) is 0 Å². The van der Waals surface area contributed by atoms with E-state index in [0.29, 0.717) is 19.0 Å². The van der Waals surface area contributed by atoms with Crippen molar-refractivity contribution < 1.29 is 19.4 Å². The Morgan fingerprint density at radius 3 is 2.35 bits per heavy atom. The quantitative estimate of drug-likeness (QED) is 0.806. The molecule has 1 aliphatic heterocycles. The smallest absolute Gasteiger partial charge is 0.329 e. The Morgan fingerprint density at radius 1 is 1.35 bits per heavy atom. The summed E-state index contributed by atoms with van der Waals surface area (Å²) in [6.07, 6.45) is 0.961. The Bertz CT molecular complexity index is 364. The van der Waals surface area contributed by atoms with Crippen LogP contribution in [0, 0.1) is 5.92 Å². The fourth-order valence-corrected chi connectivity index (χ4v) is 2.48. The number of ether oxygens (including phenoxy) is 1. The molecule has 6 heteroatoms. The zero-order valence-corrected chi connectivity index (χ0v) is 13.0. The largest absolute Gasteiger partial charge is 0.480 e. The van der Waals surface area contributed by atoms with Crippen LogP contribution in [0.5, 0.6) is 0 Å². The van der Waals surface area contributed by atoms with Crippen molar-refractivity contribution in [3.05, 3.63) is 0 Å². The van der Waals surface area contributed by atoms with Crippen LogP contribution in [0.15, 0.2) is 0 Å². The van der Waals surface area contributed by atoms with Crippen molar-refractivity contribution in [2.75, 3.05) is 26.7 Å². The first-order chi connectivity index (χ1) is 9.14. The molecule has 0 spiro atoms. The van der Waals surface area contributed by atoms with Crippen molar-refractivity contribution in [3.8, 4) is 0 Å². The number of hydrogen-bond donors (Lipinski definition) is 1. The zero-order chi connectivity index (χ0) is 15.5. The number of carboxylic acids is 1.